The van der Waals surface area contributed by atoms with E-state index in [4.69, 9.17) is 0 Å². The molecule has 0 radical (unpaired) electrons. The lowest BCUT2D eigenvalue weighted by Crippen LogP contribution is -1.86. The maximum atomic E-state index is 2.26. The third-order valence-electron chi connectivity index (χ3n) is 1.58. The van der Waals surface area contributed by atoms with Gasteiger partial charge in [-0.2, -0.15) is 0 Å². The number of aryl methyl sites for hydroxylation is 1. The van der Waals surface area contributed by atoms with Crippen molar-refractivity contribution in [1.29, 1.82) is 0 Å². The van der Waals surface area contributed by atoms with Gasteiger partial charge in [0.25, 0.3) is 0 Å². The summed E-state index contributed by atoms with van der Waals surface area (Å²) in [5.41, 5.74) is 2.66. The van der Waals surface area contributed by atoms with Gasteiger partial charge >= 0.3 is 0 Å². The fourth-order valence-electron chi connectivity index (χ4n) is 0.889. The second kappa shape index (κ2) is 2.20. The molecule has 1 aliphatic heterocycles. The highest BCUT2D eigenvalue weighted by atomic mass is 32.2. The molecule has 1 heterocycles. The molecule has 0 N–H and O–H groups in total. The molecule has 1 saturated heterocycles. The Hall–Kier alpha value is -0.630. The van der Waals surface area contributed by atoms with Crippen molar-refractivity contribution in [3.05, 3.63) is 29.8 Å². The minimum Gasteiger partial charge on any atom is -0.303 e. The van der Waals surface area contributed by atoms with Crippen LogP contribution in [0.1, 0.15) is 5.56 Å². The molecule has 0 bridgehead atoms. The molecule has 2 rings (SSSR count). The van der Waals surface area contributed by atoms with Gasteiger partial charge in [-0.1, -0.05) is 17.7 Å². The van der Waals surface area contributed by atoms with Crippen molar-refractivity contribution in [1.82, 2.24) is 0 Å². The number of hydrogen-bond donors (Lipinski definition) is 0. The minimum absolute atomic E-state index is 1.16. The molecule has 0 amide bonds. The molecule has 0 saturated carbocycles. The Morgan fingerprint density at radius 2 is 1.90 bits per heavy atom. The summed E-state index contributed by atoms with van der Waals surface area (Å²) >= 11 is 1.86. The Bertz CT molecular complexity index is 226. The van der Waals surface area contributed by atoms with Gasteiger partial charge in [-0.05, 0) is 31.0 Å². The van der Waals surface area contributed by atoms with E-state index in [0.717, 1.165) is 5.88 Å². The summed E-state index contributed by atoms with van der Waals surface area (Å²) in [5, 5.41) is 0. The Labute approximate surface area is 65.2 Å². The van der Waals surface area contributed by atoms with Crippen LogP contribution < -0.4 is 4.31 Å². The first-order chi connectivity index (χ1) is 4.86. The first-order valence-electron chi connectivity index (χ1n) is 3.33. The monoisotopic (exact) mass is 151 g/mol. The van der Waals surface area contributed by atoms with Crippen LogP contribution in [0.2, 0.25) is 0 Å². The number of benzene rings is 1. The van der Waals surface area contributed by atoms with Crippen LogP contribution in [-0.2, 0) is 0 Å². The van der Waals surface area contributed by atoms with Crippen molar-refractivity contribution >= 4 is 17.6 Å². The van der Waals surface area contributed by atoms with Crippen LogP contribution in [0.25, 0.3) is 0 Å². The molecular weight excluding hydrogens is 142 g/mol. The smallest absolute Gasteiger partial charge is 0.0950 e. The first kappa shape index (κ1) is 6.10. The van der Waals surface area contributed by atoms with Crippen LogP contribution in [-0.4, -0.2) is 5.88 Å². The van der Waals surface area contributed by atoms with Crippen molar-refractivity contribution in [2.75, 3.05) is 10.2 Å². The molecule has 1 aromatic rings. The molecule has 10 heavy (non-hydrogen) atoms. The summed E-state index contributed by atoms with van der Waals surface area (Å²) in [6.07, 6.45) is 0. The predicted molar refractivity (Wildman–Crippen MR) is 46.1 cm³/mol. The third-order valence-corrected chi connectivity index (χ3v) is 2.31. The van der Waals surface area contributed by atoms with Gasteiger partial charge in [-0.3, -0.25) is 0 Å². The van der Waals surface area contributed by atoms with Gasteiger partial charge in [0.15, 0.2) is 0 Å². The Kier molecular flexibility index (Phi) is 1.34. The summed E-state index contributed by atoms with van der Waals surface area (Å²) in [5.74, 6) is 1.16. The van der Waals surface area contributed by atoms with E-state index in [0.29, 0.717) is 0 Å². The van der Waals surface area contributed by atoms with Crippen molar-refractivity contribution in [2.24, 2.45) is 0 Å². The quantitative estimate of drug-likeness (QED) is 0.448. The largest absolute Gasteiger partial charge is 0.303 e. The lowest BCUT2D eigenvalue weighted by Gasteiger charge is -1.98. The fourth-order valence-corrected chi connectivity index (χ4v) is 1.37. The van der Waals surface area contributed by atoms with Crippen LogP contribution in [0, 0.1) is 6.92 Å². The number of nitrogens with zero attached hydrogens (tertiary/aromatic N) is 1. The highest BCUT2D eigenvalue weighted by Crippen LogP contribution is 2.35. The third kappa shape index (κ3) is 1.12. The highest BCUT2D eigenvalue weighted by molar-refractivity contribution is 8.07. The molecule has 0 aliphatic carbocycles. The molecule has 0 aromatic heterocycles. The summed E-state index contributed by atoms with van der Waals surface area (Å²) < 4.78 is 2.26. The van der Waals surface area contributed by atoms with E-state index >= 15 is 0 Å². The van der Waals surface area contributed by atoms with Crippen LogP contribution in [0.15, 0.2) is 24.3 Å². The van der Waals surface area contributed by atoms with Crippen molar-refractivity contribution < 1.29 is 0 Å². The van der Waals surface area contributed by atoms with Crippen LogP contribution >= 0.6 is 11.9 Å². The molecule has 0 spiro atoms. The maximum absolute atomic E-state index is 2.26. The lowest BCUT2D eigenvalue weighted by atomic mass is 10.2. The normalized spacial score (nSPS) is 15.5. The second-order valence-electron chi connectivity index (χ2n) is 2.47. The Morgan fingerprint density at radius 1 is 1.30 bits per heavy atom. The van der Waals surface area contributed by atoms with Crippen LogP contribution in [0.5, 0.6) is 0 Å². The topological polar surface area (TPSA) is 3.01 Å². The zero-order chi connectivity index (χ0) is 6.97. The molecule has 0 unspecified atom stereocenters. The Morgan fingerprint density at radius 3 is 2.40 bits per heavy atom. The van der Waals surface area contributed by atoms with Crippen molar-refractivity contribution in [3.63, 3.8) is 0 Å². The zero-order valence-electron chi connectivity index (χ0n) is 5.87. The van der Waals surface area contributed by atoms with Gasteiger partial charge in [-0.25, -0.2) is 0 Å². The maximum Gasteiger partial charge on any atom is 0.0950 e. The second-order valence-corrected chi connectivity index (χ2v) is 3.43. The van der Waals surface area contributed by atoms with E-state index in [2.05, 4.69) is 35.5 Å². The van der Waals surface area contributed by atoms with E-state index in [1.54, 1.807) is 0 Å². The SMILES string of the molecule is Cc1ccc(N2CS2)cc1. The minimum atomic E-state index is 1.16. The average Bonchev–Trinajstić information content (AvgIpc) is 2.71. The van der Waals surface area contributed by atoms with Gasteiger partial charge in [-0.15, -0.1) is 0 Å². The molecule has 1 fully saturated rings. The van der Waals surface area contributed by atoms with E-state index in [1.165, 1.54) is 11.3 Å². The van der Waals surface area contributed by atoms with Gasteiger partial charge in [0, 0.05) is 5.69 Å². The number of rotatable bonds is 1. The Balaban J connectivity index is 2.28. The van der Waals surface area contributed by atoms with Gasteiger partial charge in [0.1, 0.15) is 0 Å². The molecule has 1 aliphatic rings. The van der Waals surface area contributed by atoms with E-state index in [-0.39, 0.29) is 0 Å². The first-order valence-corrected chi connectivity index (χ1v) is 4.27. The van der Waals surface area contributed by atoms with Gasteiger partial charge < -0.3 is 4.31 Å². The molecule has 52 valence electrons. The zero-order valence-corrected chi connectivity index (χ0v) is 6.69. The van der Waals surface area contributed by atoms with Crippen molar-refractivity contribution in [2.45, 2.75) is 6.92 Å². The van der Waals surface area contributed by atoms with E-state index < -0.39 is 0 Å². The van der Waals surface area contributed by atoms with Crippen LogP contribution in [0.4, 0.5) is 5.69 Å². The van der Waals surface area contributed by atoms with E-state index in [9.17, 15) is 0 Å². The lowest BCUT2D eigenvalue weighted by molar-refractivity contribution is 1.40. The number of anilines is 1. The van der Waals surface area contributed by atoms with Gasteiger partial charge in [0.2, 0.25) is 0 Å². The molecule has 1 nitrogen and oxygen atoms in total. The molecule has 2 heteroatoms. The summed E-state index contributed by atoms with van der Waals surface area (Å²) in [4.78, 5) is 0. The summed E-state index contributed by atoms with van der Waals surface area (Å²) in [7, 11) is 0. The fraction of sp³-hybridized carbons (Fsp3) is 0.250. The van der Waals surface area contributed by atoms with E-state index in [1.807, 2.05) is 11.9 Å². The summed E-state index contributed by atoms with van der Waals surface area (Å²) in [6.45, 7) is 2.11. The predicted octanol–water partition coefficient (Wildman–Crippen LogP) is 2.42. The molecular formula is C8H9NS. The molecule has 0 atom stereocenters. The average molecular weight is 151 g/mol. The summed E-state index contributed by atoms with van der Waals surface area (Å²) in [6, 6.07) is 8.62. The van der Waals surface area contributed by atoms with Crippen molar-refractivity contribution in [3.8, 4) is 0 Å². The molecule has 1 aromatic carbocycles. The highest BCUT2D eigenvalue weighted by Gasteiger charge is 2.18. The number of hydrogen-bond acceptors (Lipinski definition) is 2. The van der Waals surface area contributed by atoms with Gasteiger partial charge in [0.05, 0.1) is 5.88 Å². The standard InChI is InChI=1S/C8H9NS/c1-7-2-4-8(5-3-7)9-6-10-9/h2-5H,6H2,1H3. The van der Waals surface area contributed by atoms with Crippen LogP contribution in [0.3, 0.4) is 0 Å².